The average molecular weight is 450 g/mol. The van der Waals surface area contributed by atoms with Crippen LogP contribution in [0, 0.1) is 28.6 Å². The van der Waals surface area contributed by atoms with Crippen molar-refractivity contribution in [1.29, 1.82) is 0 Å². The first-order valence-corrected chi connectivity index (χ1v) is 13.3. The van der Waals surface area contributed by atoms with Crippen molar-refractivity contribution in [1.82, 2.24) is 15.0 Å². The normalized spacial score (nSPS) is 36.9. The molecule has 2 saturated carbocycles. The Labute approximate surface area is 202 Å². The van der Waals surface area contributed by atoms with Gasteiger partial charge >= 0.3 is 0 Å². The number of aromatic nitrogens is 3. The van der Waals surface area contributed by atoms with Gasteiger partial charge in [0, 0.05) is 6.20 Å². The van der Waals surface area contributed by atoms with Crippen molar-refractivity contribution >= 4 is 16.3 Å². The van der Waals surface area contributed by atoms with Gasteiger partial charge in [-0.2, -0.15) is 0 Å². The third-order valence-corrected chi connectivity index (χ3v) is 10.5. The third-order valence-electron chi connectivity index (χ3n) is 10.5. The van der Waals surface area contributed by atoms with Crippen LogP contribution in [0.4, 0.5) is 0 Å². The number of rotatable bonds is 2. The van der Waals surface area contributed by atoms with Gasteiger partial charge in [-0.05, 0) is 102 Å². The fraction of sp³-hybridized carbons (Fsp3) is 0.484. The van der Waals surface area contributed by atoms with Crippen molar-refractivity contribution in [3.05, 3.63) is 78.1 Å². The van der Waals surface area contributed by atoms with Crippen molar-refractivity contribution in [2.45, 2.75) is 64.8 Å². The predicted octanol–water partition coefficient (Wildman–Crippen LogP) is 7.63. The zero-order valence-corrected chi connectivity index (χ0v) is 20.5. The van der Waals surface area contributed by atoms with E-state index in [0.717, 1.165) is 24.2 Å². The molecule has 0 unspecified atom stereocenters. The average Bonchev–Trinajstić information content (AvgIpc) is 3.51. The molecule has 2 aromatic carbocycles. The van der Waals surface area contributed by atoms with Gasteiger partial charge < -0.3 is 0 Å². The molecule has 0 N–H and O–H groups in total. The lowest BCUT2D eigenvalue weighted by molar-refractivity contribution is -0.0144. The third kappa shape index (κ3) is 2.88. The van der Waals surface area contributed by atoms with Gasteiger partial charge in [0.25, 0.3) is 0 Å². The lowest BCUT2D eigenvalue weighted by Crippen LogP contribution is -2.49. The highest BCUT2D eigenvalue weighted by molar-refractivity contribution is 5.87. The molecule has 2 fully saturated rings. The Kier molecular flexibility index (Phi) is 4.50. The minimum Gasteiger partial charge on any atom is -0.249 e. The monoisotopic (exact) mass is 449 g/mol. The van der Waals surface area contributed by atoms with Crippen LogP contribution in [-0.4, -0.2) is 15.0 Å². The standard InChI is InChI=1S/C31H35N3/c1-30-15-13-25(34-18-17-32-33-34)20-24(30)9-10-26-28-12-11-27(31(28,2)16-14-29(26)30)23-8-7-21-5-3-4-6-22(21)19-23/h3-9,11,17-19,25-26,28-29H,10,12-16,20H2,1-2H3/t25-,26-,28-,29-,30-,31+/m0/s1. The molecule has 3 aromatic rings. The number of benzene rings is 2. The molecule has 34 heavy (non-hydrogen) atoms. The Morgan fingerprint density at radius 2 is 1.74 bits per heavy atom. The van der Waals surface area contributed by atoms with Crippen molar-refractivity contribution in [3.8, 4) is 0 Å². The van der Waals surface area contributed by atoms with Gasteiger partial charge in [0.2, 0.25) is 0 Å². The Hall–Kier alpha value is -2.68. The van der Waals surface area contributed by atoms with Crippen LogP contribution in [0.25, 0.3) is 16.3 Å². The van der Waals surface area contributed by atoms with E-state index in [4.69, 9.17) is 0 Å². The maximum atomic E-state index is 4.32. The van der Waals surface area contributed by atoms with E-state index < -0.39 is 0 Å². The summed E-state index contributed by atoms with van der Waals surface area (Å²) in [6.07, 6.45) is 18.0. The molecular formula is C31H35N3. The van der Waals surface area contributed by atoms with Gasteiger partial charge in [0.05, 0.1) is 12.2 Å². The summed E-state index contributed by atoms with van der Waals surface area (Å²) in [5.41, 5.74) is 5.46. The minimum atomic E-state index is 0.309. The van der Waals surface area contributed by atoms with E-state index in [2.05, 4.69) is 83.5 Å². The first-order chi connectivity index (χ1) is 16.6. The second kappa shape index (κ2) is 7.41. The molecule has 3 heteroatoms. The van der Waals surface area contributed by atoms with E-state index in [9.17, 15) is 0 Å². The number of allylic oxidation sites excluding steroid dienone is 4. The van der Waals surface area contributed by atoms with Gasteiger partial charge in [0.15, 0.2) is 0 Å². The van der Waals surface area contributed by atoms with Crippen LogP contribution in [0.1, 0.15) is 70.4 Å². The highest BCUT2D eigenvalue weighted by atomic mass is 15.4. The van der Waals surface area contributed by atoms with Gasteiger partial charge in [-0.25, -0.2) is 4.68 Å². The molecule has 0 saturated heterocycles. The summed E-state index contributed by atoms with van der Waals surface area (Å²) in [6.45, 7) is 5.19. The van der Waals surface area contributed by atoms with Crippen LogP contribution in [0.15, 0.2) is 72.6 Å². The maximum absolute atomic E-state index is 4.32. The fourth-order valence-corrected chi connectivity index (χ4v) is 8.65. The number of fused-ring (bicyclic) bond motifs is 6. The molecule has 174 valence electrons. The molecule has 0 amide bonds. The second-order valence-corrected chi connectivity index (χ2v) is 11.9. The van der Waals surface area contributed by atoms with Crippen molar-refractivity contribution in [3.63, 3.8) is 0 Å². The van der Waals surface area contributed by atoms with Crippen molar-refractivity contribution < 1.29 is 0 Å². The first kappa shape index (κ1) is 20.7. The molecule has 1 aromatic heterocycles. The van der Waals surface area contributed by atoms with E-state index in [1.807, 2.05) is 12.4 Å². The van der Waals surface area contributed by atoms with Crippen LogP contribution >= 0.6 is 0 Å². The maximum Gasteiger partial charge on any atom is 0.0693 e. The molecule has 7 rings (SSSR count). The fourth-order valence-electron chi connectivity index (χ4n) is 8.65. The number of nitrogens with zero attached hydrogens (tertiary/aromatic N) is 3. The van der Waals surface area contributed by atoms with Crippen LogP contribution < -0.4 is 0 Å². The van der Waals surface area contributed by atoms with E-state index in [1.165, 1.54) is 54.9 Å². The van der Waals surface area contributed by atoms with Crippen molar-refractivity contribution in [2.75, 3.05) is 0 Å². The smallest absolute Gasteiger partial charge is 0.0693 e. The summed E-state index contributed by atoms with van der Waals surface area (Å²) < 4.78 is 2.10. The van der Waals surface area contributed by atoms with Crippen LogP contribution in [-0.2, 0) is 0 Å². The van der Waals surface area contributed by atoms with E-state index in [1.54, 1.807) is 11.1 Å². The molecule has 4 aliphatic rings. The van der Waals surface area contributed by atoms with Crippen LogP contribution in [0.5, 0.6) is 0 Å². The zero-order valence-electron chi connectivity index (χ0n) is 20.5. The van der Waals surface area contributed by atoms with E-state index in [0.29, 0.717) is 16.9 Å². The van der Waals surface area contributed by atoms with E-state index >= 15 is 0 Å². The largest absolute Gasteiger partial charge is 0.249 e. The van der Waals surface area contributed by atoms with Gasteiger partial charge in [0.1, 0.15) is 0 Å². The molecule has 4 aliphatic carbocycles. The first-order valence-electron chi connectivity index (χ1n) is 13.3. The molecular weight excluding hydrogens is 414 g/mol. The zero-order chi connectivity index (χ0) is 22.9. The molecule has 1 heterocycles. The lowest BCUT2D eigenvalue weighted by Gasteiger charge is -2.58. The Balaban J connectivity index is 1.18. The molecule has 0 bridgehead atoms. The molecule has 0 spiro atoms. The minimum absolute atomic E-state index is 0.309. The highest BCUT2D eigenvalue weighted by Crippen LogP contribution is 2.66. The number of hydrogen-bond acceptors (Lipinski definition) is 2. The summed E-state index contributed by atoms with van der Waals surface area (Å²) >= 11 is 0. The Morgan fingerprint density at radius 1 is 0.882 bits per heavy atom. The second-order valence-electron chi connectivity index (χ2n) is 11.9. The summed E-state index contributed by atoms with van der Waals surface area (Å²) in [7, 11) is 0. The Bertz CT molecular complexity index is 1300. The van der Waals surface area contributed by atoms with Crippen LogP contribution in [0.3, 0.4) is 0 Å². The lowest BCUT2D eigenvalue weighted by atomic mass is 9.47. The molecule has 0 radical (unpaired) electrons. The Morgan fingerprint density at radius 3 is 2.59 bits per heavy atom. The van der Waals surface area contributed by atoms with Gasteiger partial charge in [-0.15, -0.1) is 5.10 Å². The molecule has 3 nitrogen and oxygen atoms in total. The van der Waals surface area contributed by atoms with Crippen molar-refractivity contribution in [2.24, 2.45) is 28.6 Å². The van der Waals surface area contributed by atoms with Gasteiger partial charge in [-0.1, -0.05) is 73.2 Å². The SMILES string of the molecule is C[C@]12CC[C@H](n3ccnn3)CC1=CC[C@@H]1[C@@H]2CC[C@]2(C)C(c3ccc4ccccc4c3)=CC[C@@H]12. The quantitative estimate of drug-likeness (QED) is 0.377. The highest BCUT2D eigenvalue weighted by Gasteiger charge is 2.56. The summed E-state index contributed by atoms with van der Waals surface area (Å²) in [4.78, 5) is 0. The molecule has 6 atom stereocenters. The number of hydrogen-bond donors (Lipinski definition) is 0. The summed E-state index contributed by atoms with van der Waals surface area (Å²) in [5.74, 6) is 2.41. The summed E-state index contributed by atoms with van der Waals surface area (Å²) in [6, 6.07) is 16.4. The molecule has 0 aliphatic heterocycles. The van der Waals surface area contributed by atoms with Gasteiger partial charge in [-0.3, -0.25) is 0 Å². The summed E-state index contributed by atoms with van der Waals surface area (Å²) in [5, 5.41) is 11.1. The van der Waals surface area contributed by atoms with Crippen LogP contribution in [0.2, 0.25) is 0 Å². The van der Waals surface area contributed by atoms with E-state index in [-0.39, 0.29) is 0 Å². The topological polar surface area (TPSA) is 30.7 Å². The predicted molar refractivity (Wildman–Crippen MR) is 138 cm³/mol.